The highest BCUT2D eigenvalue weighted by Gasteiger charge is 2.04. The van der Waals surface area contributed by atoms with E-state index in [1.165, 1.54) is 6.20 Å². The second-order valence-corrected chi connectivity index (χ2v) is 3.83. The standard InChI is InChI=1S/C9H3BrClN3/c10-8-6(3-12)1-5-2-7(11)4-13-9(5)14-8/h1-2,4H. The predicted octanol–water partition coefficient (Wildman–Crippen LogP) is 2.92. The Morgan fingerprint density at radius 1 is 1.43 bits per heavy atom. The maximum atomic E-state index is 8.77. The van der Waals surface area contributed by atoms with Gasteiger partial charge in [-0.3, -0.25) is 0 Å². The molecule has 0 radical (unpaired) electrons. The van der Waals surface area contributed by atoms with Gasteiger partial charge in [0.2, 0.25) is 0 Å². The van der Waals surface area contributed by atoms with Gasteiger partial charge in [-0.05, 0) is 28.1 Å². The third-order valence-electron chi connectivity index (χ3n) is 1.71. The predicted molar refractivity (Wildman–Crippen MR) is 57.0 cm³/mol. The molecule has 0 unspecified atom stereocenters. The summed E-state index contributed by atoms with van der Waals surface area (Å²) in [7, 11) is 0. The van der Waals surface area contributed by atoms with E-state index in [2.05, 4.69) is 25.9 Å². The summed E-state index contributed by atoms with van der Waals surface area (Å²) in [6.07, 6.45) is 1.52. The maximum absolute atomic E-state index is 8.77. The Labute approximate surface area is 93.5 Å². The molecule has 0 aliphatic carbocycles. The number of halogens is 2. The van der Waals surface area contributed by atoms with Crippen molar-refractivity contribution in [2.24, 2.45) is 0 Å². The Hall–Kier alpha value is -1.18. The molecule has 0 N–H and O–H groups in total. The Balaban J connectivity index is 2.82. The lowest BCUT2D eigenvalue weighted by atomic mass is 10.2. The third kappa shape index (κ3) is 1.57. The normalized spacial score (nSPS) is 10.1. The van der Waals surface area contributed by atoms with E-state index in [0.717, 1.165) is 5.39 Å². The van der Waals surface area contributed by atoms with Gasteiger partial charge in [0.1, 0.15) is 10.7 Å². The second kappa shape index (κ2) is 3.52. The van der Waals surface area contributed by atoms with Crippen LogP contribution in [0, 0.1) is 11.3 Å². The van der Waals surface area contributed by atoms with Crippen molar-refractivity contribution in [1.29, 1.82) is 5.26 Å². The highest BCUT2D eigenvalue weighted by molar-refractivity contribution is 9.10. The monoisotopic (exact) mass is 267 g/mol. The van der Waals surface area contributed by atoms with Gasteiger partial charge in [0.15, 0.2) is 5.65 Å². The van der Waals surface area contributed by atoms with E-state index in [1.807, 2.05) is 6.07 Å². The summed E-state index contributed by atoms with van der Waals surface area (Å²) < 4.78 is 0.502. The molecule has 0 saturated carbocycles. The summed E-state index contributed by atoms with van der Waals surface area (Å²) in [6, 6.07) is 5.45. The SMILES string of the molecule is N#Cc1cc2cc(Cl)cnc2nc1Br. The zero-order valence-electron chi connectivity index (χ0n) is 6.83. The summed E-state index contributed by atoms with van der Waals surface area (Å²) in [6.45, 7) is 0. The van der Waals surface area contributed by atoms with Crippen LogP contribution in [-0.4, -0.2) is 9.97 Å². The van der Waals surface area contributed by atoms with E-state index in [0.29, 0.717) is 20.8 Å². The van der Waals surface area contributed by atoms with Crippen molar-refractivity contribution >= 4 is 38.6 Å². The fourth-order valence-corrected chi connectivity index (χ4v) is 1.63. The van der Waals surface area contributed by atoms with Gasteiger partial charge in [-0.1, -0.05) is 11.6 Å². The number of nitriles is 1. The second-order valence-electron chi connectivity index (χ2n) is 2.64. The summed E-state index contributed by atoms with van der Waals surface area (Å²) in [5.74, 6) is 0. The van der Waals surface area contributed by atoms with E-state index in [-0.39, 0.29) is 0 Å². The van der Waals surface area contributed by atoms with Crippen LogP contribution in [-0.2, 0) is 0 Å². The molecule has 0 aromatic carbocycles. The molecule has 0 fully saturated rings. The van der Waals surface area contributed by atoms with Crippen LogP contribution < -0.4 is 0 Å². The molecule has 0 spiro atoms. The first-order chi connectivity index (χ1) is 6.70. The molecule has 0 atom stereocenters. The van der Waals surface area contributed by atoms with Crippen LogP contribution in [0.2, 0.25) is 5.02 Å². The van der Waals surface area contributed by atoms with E-state index >= 15 is 0 Å². The Morgan fingerprint density at radius 2 is 2.21 bits per heavy atom. The minimum absolute atomic E-state index is 0.474. The molecule has 2 aromatic rings. The number of fused-ring (bicyclic) bond motifs is 1. The number of pyridine rings is 2. The molecule has 0 saturated heterocycles. The van der Waals surface area contributed by atoms with Crippen molar-refractivity contribution < 1.29 is 0 Å². The van der Waals surface area contributed by atoms with Gasteiger partial charge >= 0.3 is 0 Å². The quantitative estimate of drug-likeness (QED) is 0.690. The zero-order valence-corrected chi connectivity index (χ0v) is 9.17. The lowest BCUT2D eigenvalue weighted by Crippen LogP contribution is -1.88. The number of hydrogen-bond donors (Lipinski definition) is 0. The number of rotatable bonds is 0. The highest BCUT2D eigenvalue weighted by Crippen LogP contribution is 2.21. The van der Waals surface area contributed by atoms with Crippen molar-refractivity contribution in [2.45, 2.75) is 0 Å². The molecular weight excluding hydrogens is 265 g/mol. The molecule has 0 aliphatic rings. The number of nitrogens with zero attached hydrogens (tertiary/aromatic N) is 3. The van der Waals surface area contributed by atoms with Crippen LogP contribution in [0.15, 0.2) is 22.9 Å². The first-order valence-electron chi connectivity index (χ1n) is 3.72. The summed E-state index contributed by atoms with van der Waals surface area (Å²) >= 11 is 8.96. The lowest BCUT2D eigenvalue weighted by Gasteiger charge is -1.99. The van der Waals surface area contributed by atoms with Gasteiger partial charge in [-0.2, -0.15) is 5.26 Å². The summed E-state index contributed by atoms with van der Waals surface area (Å²) in [4.78, 5) is 8.15. The number of aromatic nitrogens is 2. The van der Waals surface area contributed by atoms with Crippen LogP contribution in [0.5, 0.6) is 0 Å². The van der Waals surface area contributed by atoms with E-state index in [4.69, 9.17) is 16.9 Å². The van der Waals surface area contributed by atoms with Crippen molar-refractivity contribution in [1.82, 2.24) is 9.97 Å². The first-order valence-corrected chi connectivity index (χ1v) is 4.89. The van der Waals surface area contributed by atoms with Gasteiger partial charge in [0, 0.05) is 11.6 Å². The molecule has 0 bridgehead atoms. The minimum Gasteiger partial charge on any atom is -0.235 e. The van der Waals surface area contributed by atoms with E-state index in [9.17, 15) is 0 Å². The van der Waals surface area contributed by atoms with E-state index in [1.54, 1.807) is 12.1 Å². The first kappa shape index (κ1) is 9.38. The van der Waals surface area contributed by atoms with Crippen LogP contribution in [0.25, 0.3) is 11.0 Å². The van der Waals surface area contributed by atoms with Crippen LogP contribution in [0.1, 0.15) is 5.56 Å². The highest BCUT2D eigenvalue weighted by atomic mass is 79.9. The topological polar surface area (TPSA) is 49.6 Å². The molecular formula is C9H3BrClN3. The van der Waals surface area contributed by atoms with Crippen LogP contribution in [0.4, 0.5) is 0 Å². The molecule has 14 heavy (non-hydrogen) atoms. The van der Waals surface area contributed by atoms with Crippen molar-refractivity contribution in [3.8, 4) is 6.07 Å². The average Bonchev–Trinajstić information content (AvgIpc) is 2.17. The fourth-order valence-electron chi connectivity index (χ4n) is 1.09. The van der Waals surface area contributed by atoms with Gasteiger partial charge in [0.05, 0.1) is 10.6 Å². The molecule has 2 aromatic heterocycles. The van der Waals surface area contributed by atoms with Gasteiger partial charge in [0.25, 0.3) is 0 Å². The van der Waals surface area contributed by atoms with Crippen molar-refractivity contribution in [3.05, 3.63) is 33.5 Å². The maximum Gasteiger partial charge on any atom is 0.160 e. The molecule has 68 valence electrons. The Morgan fingerprint density at radius 3 is 2.93 bits per heavy atom. The van der Waals surface area contributed by atoms with Crippen LogP contribution >= 0.6 is 27.5 Å². The minimum atomic E-state index is 0.474. The Kier molecular flexibility index (Phi) is 2.36. The lowest BCUT2D eigenvalue weighted by molar-refractivity contribution is 1.24. The van der Waals surface area contributed by atoms with Gasteiger partial charge < -0.3 is 0 Å². The van der Waals surface area contributed by atoms with Crippen molar-refractivity contribution in [2.75, 3.05) is 0 Å². The summed E-state index contributed by atoms with van der Waals surface area (Å²) in [5, 5.41) is 10.1. The molecule has 0 amide bonds. The smallest absolute Gasteiger partial charge is 0.160 e. The molecule has 2 heterocycles. The third-order valence-corrected chi connectivity index (χ3v) is 2.52. The molecule has 2 rings (SSSR count). The van der Waals surface area contributed by atoms with Gasteiger partial charge in [-0.15, -0.1) is 0 Å². The Bertz CT molecular complexity index is 547. The van der Waals surface area contributed by atoms with E-state index < -0.39 is 0 Å². The average molecular weight is 269 g/mol. The molecule has 5 heteroatoms. The number of hydrogen-bond acceptors (Lipinski definition) is 3. The van der Waals surface area contributed by atoms with Crippen molar-refractivity contribution in [3.63, 3.8) is 0 Å². The largest absolute Gasteiger partial charge is 0.235 e. The molecule has 3 nitrogen and oxygen atoms in total. The molecule has 0 aliphatic heterocycles. The summed E-state index contributed by atoms with van der Waals surface area (Å²) in [5.41, 5.74) is 1.04. The van der Waals surface area contributed by atoms with Gasteiger partial charge in [-0.25, -0.2) is 9.97 Å². The zero-order chi connectivity index (χ0) is 10.1. The fraction of sp³-hybridized carbons (Fsp3) is 0. The van der Waals surface area contributed by atoms with Crippen LogP contribution in [0.3, 0.4) is 0 Å².